The molecule has 2 aliphatic heterocycles. The lowest BCUT2D eigenvalue weighted by Gasteiger charge is -2.42. The molecule has 1 aromatic heterocycles. The number of amides is 1. The van der Waals surface area contributed by atoms with Gasteiger partial charge >= 0.3 is 5.76 Å². The van der Waals surface area contributed by atoms with Gasteiger partial charge in [0.2, 0.25) is 15.9 Å². The van der Waals surface area contributed by atoms with Gasteiger partial charge in [0.25, 0.3) is 0 Å². The number of methoxy groups -OCH3 is 1. The Hall–Kier alpha value is -2.86. The van der Waals surface area contributed by atoms with Crippen LogP contribution in [0.25, 0.3) is 11.1 Å². The number of piperazine rings is 1. The van der Waals surface area contributed by atoms with E-state index in [1.807, 2.05) is 0 Å². The number of likely N-dealkylation sites (tertiary alicyclic amines) is 1. The molecule has 1 amide bonds. The molecule has 37 heavy (non-hydrogen) atoms. The summed E-state index contributed by atoms with van der Waals surface area (Å²) in [6.45, 7) is 2.72. The highest BCUT2D eigenvalue weighted by molar-refractivity contribution is 7.89. The number of aromatic nitrogens is 1. The molecule has 2 fully saturated rings. The molecule has 2 saturated heterocycles. The number of ether oxygens (including phenoxy) is 1. The largest absolute Gasteiger partial charge is 0.497 e. The maximum atomic E-state index is 13.5. The van der Waals surface area contributed by atoms with Crippen molar-refractivity contribution in [3.63, 3.8) is 0 Å². The number of sulfonamides is 1. The summed E-state index contributed by atoms with van der Waals surface area (Å²) in [5.41, 5.74) is 0.800. The first-order valence-electron chi connectivity index (χ1n) is 12.2. The molecule has 10 nitrogen and oxygen atoms in total. The molecule has 3 heterocycles. The molecular weight excluding hydrogens is 520 g/mol. The van der Waals surface area contributed by atoms with Crippen molar-refractivity contribution in [3.05, 3.63) is 58.0 Å². The second-order valence-electron chi connectivity index (χ2n) is 9.35. The summed E-state index contributed by atoms with van der Waals surface area (Å²) in [6, 6.07) is 10.7. The first-order valence-corrected chi connectivity index (χ1v) is 14.0. The average molecular weight is 549 g/mol. The molecule has 0 saturated carbocycles. The van der Waals surface area contributed by atoms with Gasteiger partial charge in [0.1, 0.15) is 12.3 Å². The number of halogens is 1. The summed E-state index contributed by atoms with van der Waals surface area (Å²) >= 11 is 6.10. The van der Waals surface area contributed by atoms with Crippen LogP contribution in [-0.4, -0.2) is 85.4 Å². The summed E-state index contributed by atoms with van der Waals surface area (Å²) in [6.07, 6.45) is 2.15. The SMILES string of the molecule is COc1ccc(S(=O)(=O)N2CCN(C(=O)Cn3c(=O)oc4ccc(Cl)cc43)C(CN3CCCC3)C2)cc1. The van der Waals surface area contributed by atoms with E-state index in [2.05, 4.69) is 4.90 Å². The fraction of sp³-hybridized carbons (Fsp3) is 0.440. The maximum absolute atomic E-state index is 13.5. The molecule has 3 aromatic rings. The van der Waals surface area contributed by atoms with Gasteiger partial charge in [-0.3, -0.25) is 9.36 Å². The van der Waals surface area contributed by atoms with E-state index in [-0.39, 0.29) is 43.0 Å². The molecule has 0 aliphatic carbocycles. The van der Waals surface area contributed by atoms with E-state index in [1.54, 1.807) is 35.2 Å². The Bertz CT molecular complexity index is 1450. The first kappa shape index (κ1) is 25.8. The van der Waals surface area contributed by atoms with Crippen molar-refractivity contribution in [1.82, 2.24) is 18.7 Å². The van der Waals surface area contributed by atoms with Gasteiger partial charge in [-0.25, -0.2) is 13.2 Å². The van der Waals surface area contributed by atoms with E-state index in [0.717, 1.165) is 25.9 Å². The Kier molecular flexibility index (Phi) is 7.30. The molecule has 0 N–H and O–H groups in total. The van der Waals surface area contributed by atoms with Crippen molar-refractivity contribution < 1.29 is 22.4 Å². The molecular formula is C25H29ClN4O6S. The zero-order valence-corrected chi connectivity index (χ0v) is 22.1. The van der Waals surface area contributed by atoms with Crippen LogP contribution in [-0.2, 0) is 21.4 Å². The summed E-state index contributed by atoms with van der Waals surface area (Å²) < 4.78 is 40.0. The van der Waals surface area contributed by atoms with Crippen molar-refractivity contribution in [1.29, 1.82) is 0 Å². The van der Waals surface area contributed by atoms with Crippen LogP contribution in [0.15, 0.2) is 56.6 Å². The van der Waals surface area contributed by atoms with E-state index >= 15 is 0 Å². The van der Waals surface area contributed by atoms with Crippen molar-refractivity contribution in [2.75, 3.05) is 46.4 Å². The number of rotatable bonds is 7. The van der Waals surface area contributed by atoms with E-state index in [4.69, 9.17) is 20.8 Å². The Morgan fingerprint density at radius 3 is 2.51 bits per heavy atom. The van der Waals surface area contributed by atoms with E-state index in [1.165, 1.54) is 28.1 Å². The number of oxazole rings is 1. The van der Waals surface area contributed by atoms with Crippen molar-refractivity contribution in [2.24, 2.45) is 0 Å². The van der Waals surface area contributed by atoms with Crippen LogP contribution in [0.2, 0.25) is 5.02 Å². The van der Waals surface area contributed by atoms with Gasteiger partial charge in [-0.1, -0.05) is 11.6 Å². The number of hydrogen-bond acceptors (Lipinski definition) is 7. The maximum Gasteiger partial charge on any atom is 0.420 e. The predicted octanol–water partition coefficient (Wildman–Crippen LogP) is 2.25. The molecule has 12 heteroatoms. The molecule has 1 unspecified atom stereocenters. The van der Waals surface area contributed by atoms with Gasteiger partial charge in [-0.05, 0) is 68.4 Å². The quantitative estimate of drug-likeness (QED) is 0.446. The third-order valence-corrected chi connectivity index (χ3v) is 9.17. The molecule has 198 valence electrons. The number of fused-ring (bicyclic) bond motifs is 1. The minimum Gasteiger partial charge on any atom is -0.497 e. The fourth-order valence-corrected chi connectivity index (χ4v) is 6.74. The van der Waals surface area contributed by atoms with E-state index in [0.29, 0.717) is 28.4 Å². The van der Waals surface area contributed by atoms with Crippen molar-refractivity contribution >= 4 is 38.6 Å². The normalized spacial score (nSPS) is 19.5. The van der Waals surface area contributed by atoms with Crippen LogP contribution in [0.4, 0.5) is 0 Å². The number of hydrogen-bond donors (Lipinski definition) is 0. The minimum atomic E-state index is -3.76. The standard InChI is InChI=1S/C25H29ClN4O6S/c1-35-20-5-7-21(8-6-20)37(33,34)28-12-13-29(19(16-28)15-27-10-2-3-11-27)24(31)17-30-22-14-18(26)4-9-23(22)36-25(30)32/h4-9,14,19H,2-3,10-13,15-17H2,1H3. The van der Waals surface area contributed by atoms with Gasteiger partial charge in [-0.15, -0.1) is 0 Å². The zero-order chi connectivity index (χ0) is 26.2. The lowest BCUT2D eigenvalue weighted by atomic mass is 10.1. The molecule has 2 aromatic carbocycles. The molecule has 1 atom stereocenters. The first-order chi connectivity index (χ1) is 17.8. The molecule has 5 rings (SSSR count). The summed E-state index contributed by atoms with van der Waals surface area (Å²) in [4.78, 5) is 30.2. The molecule has 2 aliphatic rings. The van der Waals surface area contributed by atoms with E-state index in [9.17, 15) is 18.0 Å². The van der Waals surface area contributed by atoms with Crippen LogP contribution in [0.3, 0.4) is 0 Å². The van der Waals surface area contributed by atoms with Gasteiger partial charge in [0.05, 0.1) is 23.6 Å². The average Bonchev–Trinajstić information content (AvgIpc) is 3.51. The Morgan fingerprint density at radius 2 is 1.81 bits per heavy atom. The van der Waals surface area contributed by atoms with Gasteiger partial charge in [0, 0.05) is 31.2 Å². The third-order valence-electron chi connectivity index (χ3n) is 7.05. The summed E-state index contributed by atoms with van der Waals surface area (Å²) in [7, 11) is -2.23. The van der Waals surface area contributed by atoms with Crippen molar-refractivity contribution in [3.8, 4) is 5.75 Å². The second-order valence-corrected chi connectivity index (χ2v) is 11.7. The summed E-state index contributed by atoms with van der Waals surface area (Å²) in [5, 5.41) is 0.429. The minimum absolute atomic E-state index is 0.156. The smallest absolute Gasteiger partial charge is 0.420 e. The van der Waals surface area contributed by atoms with Gasteiger partial charge in [-0.2, -0.15) is 4.31 Å². The highest BCUT2D eigenvalue weighted by Crippen LogP contribution is 2.24. The monoisotopic (exact) mass is 548 g/mol. The molecule has 0 bridgehead atoms. The Morgan fingerprint density at radius 1 is 1.08 bits per heavy atom. The lowest BCUT2D eigenvalue weighted by molar-refractivity contribution is -0.136. The number of carbonyl (C=O) groups is 1. The fourth-order valence-electron chi connectivity index (χ4n) is 5.10. The van der Waals surface area contributed by atoms with E-state index < -0.39 is 15.8 Å². The van der Waals surface area contributed by atoms with Gasteiger partial charge in [0.15, 0.2) is 5.58 Å². The Labute approximate surface area is 220 Å². The second kappa shape index (κ2) is 10.5. The van der Waals surface area contributed by atoms with Crippen LogP contribution >= 0.6 is 11.6 Å². The highest BCUT2D eigenvalue weighted by atomic mass is 35.5. The number of carbonyl (C=O) groups excluding carboxylic acids is 1. The van der Waals surface area contributed by atoms with Crippen molar-refractivity contribution in [2.45, 2.75) is 30.3 Å². The molecule has 0 radical (unpaired) electrons. The lowest BCUT2D eigenvalue weighted by Crippen LogP contribution is -2.60. The third kappa shape index (κ3) is 5.26. The number of benzene rings is 2. The van der Waals surface area contributed by atoms with Crippen LogP contribution in [0.5, 0.6) is 5.75 Å². The molecule has 0 spiro atoms. The van der Waals surface area contributed by atoms with Gasteiger partial charge < -0.3 is 19.0 Å². The highest BCUT2D eigenvalue weighted by Gasteiger charge is 2.37. The zero-order valence-electron chi connectivity index (χ0n) is 20.5. The predicted molar refractivity (Wildman–Crippen MR) is 138 cm³/mol. The summed E-state index contributed by atoms with van der Waals surface area (Å²) in [5.74, 6) is -0.331. The number of nitrogens with zero attached hydrogens (tertiary/aromatic N) is 4. The Balaban J connectivity index is 1.39. The van der Waals surface area contributed by atoms with Crippen LogP contribution in [0, 0.1) is 0 Å². The van der Waals surface area contributed by atoms with Crippen LogP contribution < -0.4 is 10.5 Å². The topological polar surface area (TPSA) is 105 Å². The van der Waals surface area contributed by atoms with Crippen LogP contribution in [0.1, 0.15) is 12.8 Å².